The van der Waals surface area contributed by atoms with E-state index in [0.717, 1.165) is 16.9 Å². The van der Waals surface area contributed by atoms with E-state index in [1.54, 1.807) is 0 Å². The van der Waals surface area contributed by atoms with E-state index in [9.17, 15) is 18.4 Å². The lowest BCUT2D eigenvalue weighted by atomic mass is 9.96. The molecule has 1 saturated heterocycles. The van der Waals surface area contributed by atoms with Crippen LogP contribution in [0.2, 0.25) is 0 Å². The van der Waals surface area contributed by atoms with Crippen molar-refractivity contribution in [3.8, 4) is 0 Å². The Hall–Kier alpha value is -1.85. The highest BCUT2D eigenvalue weighted by Crippen LogP contribution is 2.23. The molecule has 0 saturated carbocycles. The Morgan fingerprint density at radius 3 is 2.57 bits per heavy atom. The van der Waals surface area contributed by atoms with Crippen LogP contribution in [0.15, 0.2) is 30.3 Å². The van der Waals surface area contributed by atoms with Crippen molar-refractivity contribution in [1.29, 1.82) is 0 Å². The summed E-state index contributed by atoms with van der Waals surface area (Å²) in [5, 5.41) is 12.2. The molecule has 151 valence electrons. The van der Waals surface area contributed by atoms with Gasteiger partial charge < -0.3 is 15.6 Å². The number of hydrogen-bond donors (Lipinski definition) is 1. The van der Waals surface area contributed by atoms with Crippen LogP contribution in [-0.4, -0.2) is 67.1 Å². The highest BCUT2D eigenvalue weighted by Gasteiger charge is 2.35. The predicted octanol–water partition coefficient (Wildman–Crippen LogP) is 1.16. The van der Waals surface area contributed by atoms with Gasteiger partial charge in [0.15, 0.2) is 10.9 Å². The van der Waals surface area contributed by atoms with Crippen LogP contribution in [0.5, 0.6) is 0 Å². The van der Waals surface area contributed by atoms with Gasteiger partial charge in [-0.25, -0.2) is 13.4 Å². The Bertz CT molecular complexity index is 918. The first-order chi connectivity index (χ1) is 13.2. The zero-order valence-corrected chi connectivity index (χ0v) is 17.2. The van der Waals surface area contributed by atoms with Crippen molar-refractivity contribution in [3.05, 3.63) is 52.2 Å². The Balaban J connectivity index is 1.81. The molecule has 2 heterocycles. The third kappa shape index (κ3) is 5.15. The average molecular weight is 424 g/mol. The van der Waals surface area contributed by atoms with Crippen molar-refractivity contribution in [2.45, 2.75) is 6.42 Å². The van der Waals surface area contributed by atoms with Gasteiger partial charge in [0.25, 0.3) is 0 Å². The number of likely N-dealkylation sites (N-methyl/N-ethyl adjacent to an activating group) is 1. The number of nitrogens with two attached hydrogens (primary N) is 1. The van der Waals surface area contributed by atoms with Gasteiger partial charge in [-0.05, 0) is 12.0 Å². The van der Waals surface area contributed by atoms with Crippen molar-refractivity contribution in [2.24, 2.45) is 5.92 Å². The van der Waals surface area contributed by atoms with Crippen molar-refractivity contribution in [1.82, 2.24) is 9.29 Å². The van der Waals surface area contributed by atoms with Gasteiger partial charge in [0.2, 0.25) is 10.0 Å². The molecule has 1 atom stereocenters. The second kappa shape index (κ2) is 8.26. The SMILES string of the molecule is C[N+]1([O-])CCN(S(=O)(=O)C[C@H](Cc2ccccc2)C(=O)c2[c]nc(N)s2)CC1. The van der Waals surface area contributed by atoms with Gasteiger partial charge in [0.1, 0.15) is 11.1 Å². The van der Waals surface area contributed by atoms with Crippen LogP contribution in [-0.2, 0) is 16.4 Å². The van der Waals surface area contributed by atoms with Gasteiger partial charge in [-0.3, -0.25) is 4.79 Å². The number of hydrogen-bond acceptors (Lipinski definition) is 7. The molecule has 1 fully saturated rings. The summed E-state index contributed by atoms with van der Waals surface area (Å²) in [6.07, 6.45) is 2.87. The number of sulfonamides is 1. The fourth-order valence-electron chi connectivity index (χ4n) is 3.18. The van der Waals surface area contributed by atoms with Gasteiger partial charge in [-0.1, -0.05) is 41.7 Å². The van der Waals surface area contributed by atoms with E-state index >= 15 is 0 Å². The van der Waals surface area contributed by atoms with Gasteiger partial charge in [-0.15, -0.1) is 0 Å². The van der Waals surface area contributed by atoms with Gasteiger partial charge in [-0.2, -0.15) is 4.31 Å². The molecular formula is C18H23N4O4S2. The maximum atomic E-state index is 13.0. The molecule has 8 nitrogen and oxygen atoms in total. The molecular weight excluding hydrogens is 400 g/mol. The number of nitrogen functional groups attached to an aromatic ring is 1. The fraction of sp³-hybridized carbons (Fsp3) is 0.444. The highest BCUT2D eigenvalue weighted by molar-refractivity contribution is 7.89. The monoisotopic (exact) mass is 423 g/mol. The maximum Gasteiger partial charge on any atom is 0.215 e. The maximum absolute atomic E-state index is 13.0. The predicted molar refractivity (Wildman–Crippen MR) is 108 cm³/mol. The standard InChI is InChI=1S/C18H23N4O4S2/c1-22(24)9-7-21(8-10-22)28(25,26)13-15(11-14-5-3-2-4-6-14)17(23)16-12-20-18(19)27-16/h2-6,15H,7-11,13H2,1H3,(H2,19,20)/t15-/m0/s1. The minimum absolute atomic E-state index is 0.161. The van der Waals surface area contributed by atoms with Crippen molar-refractivity contribution in [3.63, 3.8) is 0 Å². The van der Waals surface area contributed by atoms with Crippen LogP contribution in [0.3, 0.4) is 0 Å². The van der Waals surface area contributed by atoms with E-state index in [-0.39, 0.29) is 54.1 Å². The second-order valence-electron chi connectivity index (χ2n) is 7.17. The summed E-state index contributed by atoms with van der Waals surface area (Å²) in [4.78, 5) is 17.0. The van der Waals surface area contributed by atoms with E-state index in [0.29, 0.717) is 0 Å². The van der Waals surface area contributed by atoms with E-state index in [4.69, 9.17) is 5.73 Å². The van der Waals surface area contributed by atoms with Gasteiger partial charge >= 0.3 is 0 Å². The van der Waals surface area contributed by atoms with Crippen molar-refractivity contribution >= 4 is 32.3 Å². The largest absolute Gasteiger partial charge is 0.633 e. The first-order valence-electron chi connectivity index (χ1n) is 8.92. The number of carbonyl (C=O) groups is 1. The smallest absolute Gasteiger partial charge is 0.215 e. The summed E-state index contributed by atoms with van der Waals surface area (Å²) in [5.41, 5.74) is 6.48. The van der Waals surface area contributed by atoms with E-state index < -0.39 is 20.6 Å². The fourth-order valence-corrected chi connectivity index (χ4v) is 5.55. The molecule has 1 radical (unpaired) electrons. The molecule has 1 aliphatic heterocycles. The number of anilines is 1. The van der Waals surface area contributed by atoms with Crippen molar-refractivity contribution in [2.75, 3.05) is 44.7 Å². The third-order valence-corrected chi connectivity index (χ3v) is 7.62. The van der Waals surface area contributed by atoms with Crippen molar-refractivity contribution < 1.29 is 17.9 Å². The quantitative estimate of drug-likeness (QED) is 0.406. The topological polar surface area (TPSA) is 116 Å². The number of carbonyl (C=O) groups excluding carboxylic acids is 1. The number of quaternary nitrogens is 1. The Labute approximate surface area is 168 Å². The molecule has 2 N–H and O–H groups in total. The molecule has 0 aliphatic carbocycles. The van der Waals surface area contributed by atoms with Crippen LogP contribution in [0, 0.1) is 17.3 Å². The van der Waals surface area contributed by atoms with Crippen LogP contribution in [0.1, 0.15) is 15.2 Å². The van der Waals surface area contributed by atoms with Crippen LogP contribution in [0.4, 0.5) is 5.13 Å². The molecule has 0 unspecified atom stereocenters. The molecule has 3 rings (SSSR count). The number of piperazine rings is 1. The van der Waals surface area contributed by atoms with Gasteiger partial charge in [0.05, 0.1) is 39.0 Å². The number of nitrogens with zero attached hydrogens (tertiary/aromatic N) is 3. The summed E-state index contributed by atoms with van der Waals surface area (Å²) in [6, 6.07) is 9.28. The number of benzene rings is 1. The molecule has 28 heavy (non-hydrogen) atoms. The molecule has 1 aromatic heterocycles. The normalized spacial score (nSPS) is 18.6. The number of rotatable bonds is 7. The number of aromatic nitrogens is 1. The molecule has 1 aliphatic rings. The summed E-state index contributed by atoms with van der Waals surface area (Å²) in [6.45, 7) is 0.730. The zero-order valence-electron chi connectivity index (χ0n) is 15.6. The first-order valence-corrected chi connectivity index (χ1v) is 11.3. The average Bonchev–Trinajstić information content (AvgIpc) is 3.07. The molecule has 0 amide bonds. The summed E-state index contributed by atoms with van der Waals surface area (Å²) < 4.78 is 26.8. The molecule has 10 heteroatoms. The Morgan fingerprint density at radius 2 is 2.00 bits per heavy atom. The molecule has 0 spiro atoms. The lowest BCUT2D eigenvalue weighted by molar-refractivity contribution is -0.864. The Kier molecular flexibility index (Phi) is 6.15. The van der Waals surface area contributed by atoms with Crippen LogP contribution < -0.4 is 5.73 Å². The molecule has 0 bridgehead atoms. The molecule has 2 aromatic rings. The van der Waals surface area contributed by atoms with Gasteiger partial charge in [0, 0.05) is 5.92 Å². The first kappa shape index (κ1) is 20.9. The van der Waals surface area contributed by atoms with Crippen LogP contribution in [0.25, 0.3) is 0 Å². The zero-order chi connectivity index (χ0) is 20.4. The van der Waals surface area contributed by atoms with E-state index in [1.165, 1.54) is 11.4 Å². The highest BCUT2D eigenvalue weighted by atomic mass is 32.2. The Morgan fingerprint density at radius 1 is 1.36 bits per heavy atom. The van der Waals surface area contributed by atoms with E-state index in [1.807, 2.05) is 30.3 Å². The van der Waals surface area contributed by atoms with E-state index in [2.05, 4.69) is 11.2 Å². The number of Topliss-reactive ketones (excluding diaryl/α,β-unsaturated/α-hetero) is 1. The number of ketones is 1. The minimum Gasteiger partial charge on any atom is -0.633 e. The lowest BCUT2D eigenvalue weighted by Gasteiger charge is -2.44. The third-order valence-electron chi connectivity index (χ3n) is 4.84. The summed E-state index contributed by atoms with van der Waals surface area (Å²) >= 11 is 1.01. The lowest BCUT2D eigenvalue weighted by Crippen LogP contribution is -2.55. The summed E-state index contributed by atoms with van der Waals surface area (Å²) in [5.74, 6) is -1.43. The number of hydroxylamine groups is 3. The van der Waals surface area contributed by atoms with Crippen LogP contribution >= 0.6 is 11.3 Å². The molecule has 1 aromatic carbocycles. The minimum atomic E-state index is -3.70. The number of thiazole rings is 1. The summed E-state index contributed by atoms with van der Waals surface area (Å²) in [7, 11) is -2.16. The second-order valence-corrected chi connectivity index (χ2v) is 10.2.